The Morgan fingerprint density at radius 2 is 1.81 bits per heavy atom. The number of ether oxygens (including phenoxy) is 1. The van der Waals surface area contributed by atoms with Crippen LogP contribution in [0.3, 0.4) is 0 Å². The molecule has 0 aliphatic rings. The molecule has 3 aromatic rings. The van der Waals surface area contributed by atoms with E-state index in [1.165, 1.54) is 28.9 Å². The highest BCUT2D eigenvalue weighted by atomic mass is 32.2. The number of para-hydroxylation sites is 1. The molecule has 3 rings (SSSR count). The lowest BCUT2D eigenvalue weighted by Crippen LogP contribution is -2.20. The standard InChI is InChI=1S/C16H12F3N3O3S/c17-16(18,19)25-14-7-1-2-8-15(14)26(23,24)21-12-5-3-6-13(11-12)22-10-4-9-20-22/h1-11,21H. The highest BCUT2D eigenvalue weighted by Crippen LogP contribution is 2.30. The van der Waals surface area contributed by atoms with Gasteiger partial charge in [-0.15, -0.1) is 13.2 Å². The van der Waals surface area contributed by atoms with E-state index in [2.05, 4.69) is 14.6 Å². The van der Waals surface area contributed by atoms with Crippen LogP contribution >= 0.6 is 0 Å². The van der Waals surface area contributed by atoms with Gasteiger partial charge < -0.3 is 4.74 Å². The van der Waals surface area contributed by atoms with Crippen molar-refractivity contribution in [2.75, 3.05) is 4.72 Å². The van der Waals surface area contributed by atoms with E-state index in [4.69, 9.17) is 0 Å². The molecule has 0 unspecified atom stereocenters. The molecule has 1 heterocycles. The number of sulfonamides is 1. The Morgan fingerprint density at radius 1 is 1.04 bits per heavy atom. The highest BCUT2D eigenvalue weighted by molar-refractivity contribution is 7.92. The summed E-state index contributed by atoms with van der Waals surface area (Å²) in [7, 11) is -4.31. The maximum atomic E-state index is 12.5. The summed E-state index contributed by atoms with van der Waals surface area (Å²) in [6, 6.07) is 12.5. The highest BCUT2D eigenvalue weighted by Gasteiger charge is 2.34. The van der Waals surface area contributed by atoms with Crippen molar-refractivity contribution in [1.29, 1.82) is 0 Å². The second-order valence-corrected chi connectivity index (χ2v) is 6.75. The van der Waals surface area contributed by atoms with Gasteiger partial charge in [0, 0.05) is 12.4 Å². The molecule has 0 bridgehead atoms. The van der Waals surface area contributed by atoms with Gasteiger partial charge in [-0.3, -0.25) is 4.72 Å². The van der Waals surface area contributed by atoms with E-state index in [9.17, 15) is 21.6 Å². The zero-order valence-electron chi connectivity index (χ0n) is 13.0. The lowest BCUT2D eigenvalue weighted by Gasteiger charge is -2.14. The number of nitrogens with zero attached hydrogens (tertiary/aromatic N) is 2. The van der Waals surface area contributed by atoms with E-state index in [-0.39, 0.29) is 5.69 Å². The summed E-state index contributed by atoms with van der Waals surface area (Å²) in [5.41, 5.74) is 0.745. The molecule has 10 heteroatoms. The van der Waals surface area contributed by atoms with Crippen LogP contribution in [0.15, 0.2) is 71.9 Å². The summed E-state index contributed by atoms with van der Waals surface area (Å²) in [5.74, 6) is -0.810. The van der Waals surface area contributed by atoms with E-state index in [0.29, 0.717) is 5.69 Å². The molecule has 0 amide bonds. The van der Waals surface area contributed by atoms with Crippen molar-refractivity contribution < 1.29 is 26.3 Å². The van der Waals surface area contributed by atoms with Crippen molar-refractivity contribution in [3.8, 4) is 11.4 Å². The number of anilines is 1. The third-order valence-electron chi connectivity index (χ3n) is 3.23. The molecule has 0 fully saturated rings. The molecule has 1 aromatic heterocycles. The molecule has 136 valence electrons. The second kappa shape index (κ2) is 6.71. The van der Waals surface area contributed by atoms with Crippen LogP contribution in [0.25, 0.3) is 5.69 Å². The minimum atomic E-state index is -5.01. The predicted molar refractivity (Wildman–Crippen MR) is 87.5 cm³/mol. The van der Waals surface area contributed by atoms with Crippen LogP contribution in [0.5, 0.6) is 5.75 Å². The topological polar surface area (TPSA) is 73.2 Å². The lowest BCUT2D eigenvalue weighted by molar-refractivity contribution is -0.275. The summed E-state index contributed by atoms with van der Waals surface area (Å²) in [6.07, 6.45) is -1.78. The maximum Gasteiger partial charge on any atom is 0.573 e. The molecule has 26 heavy (non-hydrogen) atoms. The van der Waals surface area contributed by atoms with Crippen LogP contribution in [0.1, 0.15) is 0 Å². The molecule has 0 saturated heterocycles. The van der Waals surface area contributed by atoms with Gasteiger partial charge in [-0.25, -0.2) is 13.1 Å². The number of rotatable bonds is 5. The Kier molecular flexibility index (Phi) is 4.60. The number of alkyl halides is 3. The Labute approximate surface area is 146 Å². The van der Waals surface area contributed by atoms with E-state index >= 15 is 0 Å². The zero-order chi connectivity index (χ0) is 18.8. The summed E-state index contributed by atoms with van der Waals surface area (Å²) in [4.78, 5) is -0.623. The zero-order valence-corrected chi connectivity index (χ0v) is 13.8. The smallest absolute Gasteiger partial charge is 0.404 e. The summed E-state index contributed by atoms with van der Waals surface area (Å²) in [6.45, 7) is 0. The van der Waals surface area contributed by atoms with Gasteiger partial charge in [-0.1, -0.05) is 18.2 Å². The molecular formula is C16H12F3N3O3S. The number of halogens is 3. The summed E-state index contributed by atoms with van der Waals surface area (Å²) >= 11 is 0. The van der Waals surface area contributed by atoms with Crippen molar-refractivity contribution in [2.24, 2.45) is 0 Å². The first-order valence-corrected chi connectivity index (χ1v) is 8.71. The molecule has 0 aliphatic carbocycles. The molecule has 0 spiro atoms. The van der Waals surface area contributed by atoms with Crippen LogP contribution in [-0.2, 0) is 10.0 Å². The number of hydrogen-bond acceptors (Lipinski definition) is 4. The number of nitrogens with one attached hydrogen (secondary N) is 1. The Morgan fingerprint density at radius 3 is 2.50 bits per heavy atom. The van der Waals surface area contributed by atoms with Gasteiger partial charge in [-0.05, 0) is 36.4 Å². The number of benzene rings is 2. The van der Waals surface area contributed by atoms with Gasteiger partial charge in [0.2, 0.25) is 0 Å². The van der Waals surface area contributed by atoms with Crippen LogP contribution in [0.4, 0.5) is 18.9 Å². The summed E-state index contributed by atoms with van der Waals surface area (Å²) < 4.78 is 70.1. The fourth-order valence-electron chi connectivity index (χ4n) is 2.22. The fraction of sp³-hybridized carbons (Fsp3) is 0.0625. The monoisotopic (exact) mass is 383 g/mol. The lowest BCUT2D eigenvalue weighted by atomic mass is 10.3. The van der Waals surface area contributed by atoms with Gasteiger partial charge in [0.05, 0.1) is 11.4 Å². The van der Waals surface area contributed by atoms with Crippen LogP contribution in [-0.4, -0.2) is 24.6 Å². The molecule has 1 N–H and O–H groups in total. The van der Waals surface area contributed by atoms with Crippen molar-refractivity contribution in [3.63, 3.8) is 0 Å². The van der Waals surface area contributed by atoms with E-state index in [1.54, 1.807) is 30.6 Å². The van der Waals surface area contributed by atoms with Crippen molar-refractivity contribution in [1.82, 2.24) is 9.78 Å². The quantitative estimate of drug-likeness (QED) is 0.731. The van der Waals surface area contributed by atoms with Crippen molar-refractivity contribution in [2.45, 2.75) is 11.3 Å². The molecule has 6 nitrogen and oxygen atoms in total. The van der Waals surface area contributed by atoms with Crippen LogP contribution in [0.2, 0.25) is 0 Å². The predicted octanol–water partition coefficient (Wildman–Crippen LogP) is 3.57. The van der Waals surface area contributed by atoms with Gasteiger partial charge in [0.25, 0.3) is 10.0 Å². The average molecular weight is 383 g/mol. The third kappa shape index (κ3) is 4.14. The molecule has 0 saturated carbocycles. The molecule has 0 aliphatic heterocycles. The van der Waals surface area contributed by atoms with Crippen LogP contribution < -0.4 is 9.46 Å². The molecule has 0 radical (unpaired) electrons. The number of aromatic nitrogens is 2. The normalized spacial score (nSPS) is 12.0. The first-order valence-electron chi connectivity index (χ1n) is 7.22. The molecular weight excluding hydrogens is 371 g/mol. The SMILES string of the molecule is O=S(=O)(Nc1cccc(-n2cccn2)c1)c1ccccc1OC(F)(F)F. The van der Waals surface area contributed by atoms with E-state index < -0.39 is 27.0 Å². The molecule has 2 aromatic carbocycles. The first-order chi connectivity index (χ1) is 12.2. The average Bonchev–Trinajstić information content (AvgIpc) is 3.08. The molecule has 0 atom stereocenters. The Hall–Kier alpha value is -3.01. The van der Waals surface area contributed by atoms with Gasteiger partial charge >= 0.3 is 6.36 Å². The maximum absolute atomic E-state index is 12.5. The van der Waals surface area contributed by atoms with E-state index in [0.717, 1.165) is 12.1 Å². The fourth-order valence-corrected chi connectivity index (χ4v) is 3.40. The van der Waals surface area contributed by atoms with Crippen LogP contribution in [0, 0.1) is 0 Å². The Balaban J connectivity index is 1.92. The second-order valence-electron chi connectivity index (χ2n) is 5.10. The summed E-state index contributed by atoms with van der Waals surface area (Å²) in [5, 5.41) is 4.03. The first kappa shape index (κ1) is 17.8. The van der Waals surface area contributed by atoms with Crippen molar-refractivity contribution in [3.05, 3.63) is 67.0 Å². The van der Waals surface area contributed by atoms with Gasteiger partial charge in [0.1, 0.15) is 10.6 Å². The Bertz CT molecular complexity index is 1000. The van der Waals surface area contributed by atoms with E-state index in [1.807, 2.05) is 0 Å². The van der Waals surface area contributed by atoms with Gasteiger partial charge in [0.15, 0.2) is 0 Å². The largest absolute Gasteiger partial charge is 0.573 e. The van der Waals surface area contributed by atoms with Gasteiger partial charge in [-0.2, -0.15) is 5.10 Å². The number of hydrogen-bond donors (Lipinski definition) is 1. The third-order valence-corrected chi connectivity index (χ3v) is 4.65. The minimum Gasteiger partial charge on any atom is -0.404 e. The van der Waals surface area contributed by atoms with Crippen molar-refractivity contribution >= 4 is 15.7 Å². The minimum absolute atomic E-state index is 0.166.